The van der Waals surface area contributed by atoms with Crippen LogP contribution in [0.4, 0.5) is 17.1 Å². The van der Waals surface area contributed by atoms with Gasteiger partial charge in [-0.1, -0.05) is 12.1 Å². The number of methoxy groups -OCH3 is 1. The summed E-state index contributed by atoms with van der Waals surface area (Å²) in [5, 5.41) is 14.1. The van der Waals surface area contributed by atoms with Gasteiger partial charge < -0.3 is 24.4 Å². The summed E-state index contributed by atoms with van der Waals surface area (Å²) in [5.41, 5.74) is 2.31. The van der Waals surface area contributed by atoms with E-state index in [4.69, 9.17) is 14.3 Å². The van der Waals surface area contributed by atoms with Gasteiger partial charge in [-0.15, -0.1) is 0 Å². The van der Waals surface area contributed by atoms with E-state index < -0.39 is 5.56 Å². The monoisotopic (exact) mass is 496 g/mol. The molecule has 4 rings (SSSR count). The summed E-state index contributed by atoms with van der Waals surface area (Å²) in [6.07, 6.45) is 0. The van der Waals surface area contributed by atoms with Crippen molar-refractivity contribution in [3.05, 3.63) is 63.8 Å². The first-order chi connectivity index (χ1) is 17.5. The number of morpholine rings is 1. The van der Waals surface area contributed by atoms with Crippen LogP contribution in [0.2, 0.25) is 0 Å². The zero-order valence-corrected chi connectivity index (χ0v) is 20.6. The third kappa shape index (κ3) is 5.16. The second-order valence-electron chi connectivity index (χ2n) is 8.22. The van der Waals surface area contributed by atoms with E-state index in [1.807, 2.05) is 30.3 Å². The van der Waals surface area contributed by atoms with Crippen LogP contribution in [0.1, 0.15) is 0 Å². The number of benzene rings is 2. The Hall–Kier alpha value is -3.96. The van der Waals surface area contributed by atoms with Crippen molar-refractivity contribution in [2.24, 2.45) is 0 Å². The summed E-state index contributed by atoms with van der Waals surface area (Å²) < 4.78 is 12.0. The van der Waals surface area contributed by atoms with Gasteiger partial charge in [-0.3, -0.25) is 4.79 Å². The molecule has 2 heterocycles. The normalized spacial score (nSPS) is 13.4. The smallest absolute Gasteiger partial charge is 0.342 e. The molecule has 36 heavy (non-hydrogen) atoms. The average Bonchev–Trinajstić information content (AvgIpc) is 2.93. The van der Waals surface area contributed by atoms with Crippen LogP contribution in [-0.4, -0.2) is 80.5 Å². The molecule has 0 bridgehead atoms. The van der Waals surface area contributed by atoms with Gasteiger partial charge in [-0.05, 0) is 30.3 Å². The van der Waals surface area contributed by atoms with Crippen LogP contribution < -0.4 is 20.1 Å². The average molecular weight is 497 g/mol. The fourth-order valence-corrected chi connectivity index (χ4v) is 4.06. The molecule has 0 atom stereocenters. The molecule has 0 unspecified atom stereocenters. The summed E-state index contributed by atoms with van der Waals surface area (Å²) in [5.74, 6) is 0.637. The highest BCUT2D eigenvalue weighted by Crippen LogP contribution is 2.30. The van der Waals surface area contributed by atoms with Crippen molar-refractivity contribution in [2.45, 2.75) is 0 Å². The number of likely N-dealkylation sites (N-methyl/N-ethyl adjacent to an activating group) is 1. The van der Waals surface area contributed by atoms with Crippen LogP contribution in [0.25, 0.3) is 16.9 Å². The van der Waals surface area contributed by atoms with Gasteiger partial charge in [0.25, 0.3) is 10.5 Å². The number of hydrogen-bond donors (Lipinski definition) is 1. The number of nitrogens with zero attached hydrogens (tertiary/aromatic N) is 5. The molecule has 0 amide bonds. The largest absolute Gasteiger partial charge is 0.497 e. The number of aromatic nitrogens is 2. The van der Waals surface area contributed by atoms with Gasteiger partial charge >= 0.3 is 5.69 Å². The lowest BCUT2D eigenvalue weighted by Gasteiger charge is -2.29. The van der Waals surface area contributed by atoms with Crippen molar-refractivity contribution >= 4 is 17.1 Å². The maximum absolute atomic E-state index is 13.7. The van der Waals surface area contributed by atoms with Crippen LogP contribution in [0.5, 0.6) is 5.75 Å². The summed E-state index contributed by atoms with van der Waals surface area (Å²) >= 11 is 0. The second kappa shape index (κ2) is 11.2. The van der Waals surface area contributed by atoms with Crippen LogP contribution in [0.15, 0.2) is 53.3 Å². The predicted octanol–water partition coefficient (Wildman–Crippen LogP) is 2.14. The van der Waals surface area contributed by atoms with E-state index >= 15 is 0 Å². The maximum Gasteiger partial charge on any atom is 0.342 e. The minimum Gasteiger partial charge on any atom is -0.497 e. The van der Waals surface area contributed by atoms with Gasteiger partial charge in [0.2, 0.25) is 0 Å². The Morgan fingerprint density at radius 3 is 2.61 bits per heavy atom. The first-order valence-electron chi connectivity index (χ1n) is 11.6. The Morgan fingerprint density at radius 2 is 1.92 bits per heavy atom. The minimum absolute atomic E-state index is 0.127. The standard InChI is InChI=1S/C25H30N5O6/c1-27(9-12-31)24-17-21(18-5-4-6-20(15-18)34-2)26-29(25(24)32)23-16-19(28-10-13-36-14-11-28)7-8-22(23)30(33)35-3/h4-8,15-17,31H,9-14H2,1-3H3/q+1. The molecule has 0 spiro atoms. The number of anilines is 2. The summed E-state index contributed by atoms with van der Waals surface area (Å²) in [4.78, 5) is 35.4. The van der Waals surface area contributed by atoms with Gasteiger partial charge in [-0.25, -0.2) is 4.84 Å². The first-order valence-corrected chi connectivity index (χ1v) is 11.6. The Morgan fingerprint density at radius 1 is 1.14 bits per heavy atom. The summed E-state index contributed by atoms with van der Waals surface area (Å²) in [6, 6.07) is 14.2. The number of ether oxygens (including phenoxy) is 2. The third-order valence-corrected chi connectivity index (χ3v) is 6.03. The predicted molar refractivity (Wildman–Crippen MR) is 136 cm³/mol. The number of rotatable bonds is 9. The molecule has 0 saturated carbocycles. The molecule has 1 N–H and O–H groups in total. The van der Waals surface area contributed by atoms with Crippen molar-refractivity contribution in [2.75, 3.05) is 70.5 Å². The highest BCUT2D eigenvalue weighted by atomic mass is 16.8. The van der Waals surface area contributed by atoms with E-state index in [1.165, 1.54) is 11.8 Å². The van der Waals surface area contributed by atoms with E-state index in [2.05, 4.69) is 10.00 Å². The third-order valence-electron chi connectivity index (χ3n) is 6.03. The van der Waals surface area contributed by atoms with Crippen molar-refractivity contribution in [1.82, 2.24) is 9.78 Å². The number of aliphatic hydroxyl groups is 1. The quantitative estimate of drug-likeness (QED) is 0.446. The molecule has 1 fully saturated rings. The van der Waals surface area contributed by atoms with Crippen molar-refractivity contribution in [3.8, 4) is 22.7 Å². The molecule has 11 heteroatoms. The molecule has 190 valence electrons. The zero-order chi connectivity index (χ0) is 25.7. The molecule has 1 aliphatic rings. The van der Waals surface area contributed by atoms with E-state index in [-0.39, 0.29) is 24.5 Å². The fourth-order valence-electron chi connectivity index (χ4n) is 4.06. The molecule has 11 nitrogen and oxygen atoms in total. The Bertz CT molecular complexity index is 1290. The fraction of sp³-hybridized carbons (Fsp3) is 0.360. The molecule has 1 saturated heterocycles. The second-order valence-corrected chi connectivity index (χ2v) is 8.22. The molecule has 0 aliphatic carbocycles. The van der Waals surface area contributed by atoms with Crippen molar-refractivity contribution < 1.29 is 24.3 Å². The molecule has 3 aromatic rings. The molecule has 1 aromatic heterocycles. The van der Waals surface area contributed by atoms with Crippen molar-refractivity contribution in [3.63, 3.8) is 0 Å². The Kier molecular flexibility index (Phi) is 7.81. The first kappa shape index (κ1) is 25.1. The SMILES string of the molecule is COc1cccc(-c2cc(N(C)CCO)c(=O)n(-c3cc(N4CCOCC4)ccc3[N+](=O)OC)n2)c1. The van der Waals surface area contributed by atoms with E-state index in [0.29, 0.717) is 48.4 Å². The lowest BCUT2D eigenvalue weighted by atomic mass is 10.1. The lowest BCUT2D eigenvalue weighted by molar-refractivity contribution is -0.736. The highest BCUT2D eigenvalue weighted by Gasteiger charge is 2.27. The van der Waals surface area contributed by atoms with E-state index in [0.717, 1.165) is 11.3 Å². The minimum atomic E-state index is -0.442. The van der Waals surface area contributed by atoms with Gasteiger partial charge in [0.1, 0.15) is 11.4 Å². The molecular weight excluding hydrogens is 466 g/mol. The molecule has 2 aromatic carbocycles. The number of hydrogen-bond acceptors (Lipinski definition) is 9. The van der Waals surface area contributed by atoms with Crippen LogP contribution in [0.3, 0.4) is 0 Å². The van der Waals surface area contributed by atoms with Crippen LogP contribution in [-0.2, 0) is 9.57 Å². The zero-order valence-electron chi connectivity index (χ0n) is 20.6. The summed E-state index contributed by atoms with van der Waals surface area (Å²) in [6.45, 7) is 2.64. The van der Waals surface area contributed by atoms with Gasteiger partial charge in [0, 0.05) is 44.0 Å². The lowest BCUT2D eigenvalue weighted by Crippen LogP contribution is -2.36. The van der Waals surface area contributed by atoms with Gasteiger partial charge in [0.05, 0.1) is 37.5 Å². The van der Waals surface area contributed by atoms with Crippen LogP contribution >= 0.6 is 0 Å². The Labute approximate surface area is 208 Å². The van der Waals surface area contributed by atoms with Crippen LogP contribution in [0, 0.1) is 4.91 Å². The van der Waals surface area contributed by atoms with Gasteiger partial charge in [-0.2, -0.15) is 9.78 Å². The Balaban J connectivity index is 1.96. The highest BCUT2D eigenvalue weighted by molar-refractivity contribution is 5.68. The number of aliphatic hydroxyl groups excluding tert-OH is 1. The van der Waals surface area contributed by atoms with E-state index in [1.54, 1.807) is 37.3 Å². The molecular formula is C25H30N5O6+. The van der Waals surface area contributed by atoms with E-state index in [9.17, 15) is 14.8 Å². The molecule has 1 aliphatic heterocycles. The maximum atomic E-state index is 13.7. The molecule has 0 radical (unpaired) electrons. The van der Waals surface area contributed by atoms with Gasteiger partial charge in [0.15, 0.2) is 12.8 Å². The topological polar surface area (TPSA) is 109 Å². The summed E-state index contributed by atoms with van der Waals surface area (Å²) in [7, 11) is 4.55. The van der Waals surface area contributed by atoms with Crippen molar-refractivity contribution in [1.29, 1.82) is 0 Å².